The molecule has 0 radical (unpaired) electrons. The number of aromatic nitrogens is 3. The minimum atomic E-state index is -0.0806. The molecule has 1 fully saturated rings. The summed E-state index contributed by atoms with van der Waals surface area (Å²) in [5, 5.41) is 0. The number of carbonyl (C=O) groups excluding carboxylic acids is 1. The van der Waals surface area contributed by atoms with E-state index in [9.17, 15) is 9.59 Å². The predicted molar refractivity (Wildman–Crippen MR) is 111 cm³/mol. The number of rotatable bonds is 4. The van der Waals surface area contributed by atoms with Crippen LogP contribution >= 0.6 is 0 Å². The molecule has 29 heavy (non-hydrogen) atoms. The first-order chi connectivity index (χ1) is 14.1. The van der Waals surface area contributed by atoms with Crippen LogP contribution in [0.15, 0.2) is 59.8 Å². The molecule has 148 valence electrons. The van der Waals surface area contributed by atoms with Gasteiger partial charge in [-0.1, -0.05) is 18.2 Å². The molecule has 1 amide bonds. The molecule has 0 spiro atoms. The molecule has 0 aliphatic carbocycles. The lowest BCUT2D eigenvalue weighted by atomic mass is 9.90. The molecule has 1 aliphatic heterocycles. The van der Waals surface area contributed by atoms with E-state index >= 15 is 0 Å². The molecule has 7 nitrogen and oxygen atoms in total. The van der Waals surface area contributed by atoms with Crippen molar-refractivity contribution < 1.29 is 4.79 Å². The van der Waals surface area contributed by atoms with Crippen LogP contribution in [-0.2, 0) is 6.42 Å². The third-order valence-electron chi connectivity index (χ3n) is 5.36. The second kappa shape index (κ2) is 8.26. The SMILES string of the molecule is Nc1cncc(-c2ccc(C(=O)N3CCC(Cc4ccc(=O)[nH]c4)CC3)cc2)n1. The Morgan fingerprint density at radius 3 is 2.52 bits per heavy atom. The van der Waals surface area contributed by atoms with Gasteiger partial charge in [0.15, 0.2) is 0 Å². The van der Waals surface area contributed by atoms with Crippen molar-refractivity contribution in [3.05, 3.63) is 76.5 Å². The van der Waals surface area contributed by atoms with E-state index in [1.54, 1.807) is 18.5 Å². The minimum absolute atomic E-state index is 0.0534. The standard InChI is InChI=1S/C22H23N5O2/c23-20-14-24-13-19(26-20)17-2-4-18(5-3-17)22(29)27-9-7-15(8-10-27)11-16-1-6-21(28)25-12-16/h1-6,12-15H,7-11H2,(H2,23,26)(H,25,28). The zero-order chi connectivity index (χ0) is 20.2. The van der Waals surface area contributed by atoms with E-state index < -0.39 is 0 Å². The zero-order valence-electron chi connectivity index (χ0n) is 16.0. The molecule has 1 saturated heterocycles. The number of H-pyrrole nitrogens is 1. The average molecular weight is 389 g/mol. The van der Waals surface area contributed by atoms with Gasteiger partial charge in [-0.2, -0.15) is 0 Å². The molecule has 3 heterocycles. The Balaban J connectivity index is 1.35. The number of aromatic amines is 1. The van der Waals surface area contributed by atoms with Gasteiger partial charge in [0, 0.05) is 36.5 Å². The second-order valence-electron chi connectivity index (χ2n) is 7.41. The summed E-state index contributed by atoms with van der Waals surface area (Å²) < 4.78 is 0. The van der Waals surface area contributed by atoms with Gasteiger partial charge >= 0.3 is 0 Å². The zero-order valence-corrected chi connectivity index (χ0v) is 16.0. The molecule has 0 atom stereocenters. The van der Waals surface area contributed by atoms with Gasteiger partial charge in [-0.05, 0) is 42.9 Å². The summed E-state index contributed by atoms with van der Waals surface area (Å²) in [7, 11) is 0. The van der Waals surface area contributed by atoms with Crippen molar-refractivity contribution in [2.24, 2.45) is 5.92 Å². The summed E-state index contributed by atoms with van der Waals surface area (Å²) in [6.45, 7) is 1.49. The molecule has 7 heteroatoms. The maximum atomic E-state index is 12.8. The number of piperidine rings is 1. The number of pyridine rings is 1. The molecule has 1 aromatic carbocycles. The third-order valence-corrected chi connectivity index (χ3v) is 5.36. The van der Waals surface area contributed by atoms with E-state index in [4.69, 9.17) is 5.73 Å². The van der Waals surface area contributed by atoms with Crippen molar-refractivity contribution in [1.29, 1.82) is 0 Å². The van der Waals surface area contributed by atoms with Crippen LogP contribution in [0.25, 0.3) is 11.3 Å². The quantitative estimate of drug-likeness (QED) is 0.713. The number of hydrogen-bond donors (Lipinski definition) is 2. The summed E-state index contributed by atoms with van der Waals surface area (Å²) in [5.41, 5.74) is 8.98. The van der Waals surface area contributed by atoms with E-state index in [0.717, 1.165) is 43.5 Å². The Kier molecular flexibility index (Phi) is 5.37. The molecule has 3 N–H and O–H groups in total. The fourth-order valence-corrected chi connectivity index (χ4v) is 3.73. The van der Waals surface area contributed by atoms with Crippen LogP contribution < -0.4 is 11.3 Å². The number of hydrogen-bond acceptors (Lipinski definition) is 5. The van der Waals surface area contributed by atoms with E-state index in [0.29, 0.717) is 23.0 Å². The fraction of sp³-hybridized carbons (Fsp3) is 0.273. The maximum Gasteiger partial charge on any atom is 0.253 e. The number of benzene rings is 1. The summed E-state index contributed by atoms with van der Waals surface area (Å²) in [6, 6.07) is 10.8. The highest BCUT2D eigenvalue weighted by Crippen LogP contribution is 2.23. The minimum Gasteiger partial charge on any atom is -0.382 e. The predicted octanol–water partition coefficient (Wildman–Crippen LogP) is 2.51. The number of nitrogens with zero attached hydrogens (tertiary/aromatic N) is 3. The lowest BCUT2D eigenvalue weighted by Crippen LogP contribution is -2.38. The number of nitrogens with two attached hydrogens (primary N) is 1. The summed E-state index contributed by atoms with van der Waals surface area (Å²) in [6.07, 6.45) is 7.78. The Morgan fingerprint density at radius 1 is 1.10 bits per heavy atom. The van der Waals surface area contributed by atoms with Gasteiger partial charge in [0.1, 0.15) is 5.82 Å². The lowest BCUT2D eigenvalue weighted by molar-refractivity contribution is 0.0690. The van der Waals surface area contributed by atoms with Crippen molar-refractivity contribution in [2.75, 3.05) is 18.8 Å². The van der Waals surface area contributed by atoms with Crippen molar-refractivity contribution in [3.8, 4) is 11.3 Å². The Hall–Kier alpha value is -3.48. The van der Waals surface area contributed by atoms with Crippen LogP contribution in [-0.4, -0.2) is 38.8 Å². The number of nitrogen functional groups attached to an aromatic ring is 1. The normalized spacial score (nSPS) is 14.7. The van der Waals surface area contributed by atoms with Crippen LogP contribution in [0.1, 0.15) is 28.8 Å². The molecular weight excluding hydrogens is 366 g/mol. The highest BCUT2D eigenvalue weighted by molar-refractivity contribution is 5.94. The van der Waals surface area contributed by atoms with E-state index in [2.05, 4.69) is 15.0 Å². The summed E-state index contributed by atoms with van der Waals surface area (Å²) in [5.74, 6) is 0.944. The highest BCUT2D eigenvalue weighted by atomic mass is 16.2. The Labute approximate surface area is 168 Å². The van der Waals surface area contributed by atoms with E-state index in [1.165, 1.54) is 6.20 Å². The summed E-state index contributed by atoms with van der Waals surface area (Å²) in [4.78, 5) is 37.0. The molecule has 2 aromatic heterocycles. The third kappa shape index (κ3) is 4.51. The number of amides is 1. The first-order valence-electron chi connectivity index (χ1n) is 9.73. The van der Waals surface area contributed by atoms with Crippen LogP contribution in [0.3, 0.4) is 0 Å². The Morgan fingerprint density at radius 2 is 1.86 bits per heavy atom. The number of carbonyl (C=O) groups is 1. The highest BCUT2D eigenvalue weighted by Gasteiger charge is 2.24. The first kappa shape index (κ1) is 18.9. The van der Waals surface area contributed by atoms with Gasteiger partial charge < -0.3 is 15.6 Å². The first-order valence-corrected chi connectivity index (χ1v) is 9.73. The van der Waals surface area contributed by atoms with Crippen LogP contribution in [0.2, 0.25) is 0 Å². The monoisotopic (exact) mass is 389 g/mol. The molecule has 0 bridgehead atoms. The summed E-state index contributed by atoms with van der Waals surface area (Å²) >= 11 is 0. The number of nitrogens with one attached hydrogen (secondary N) is 1. The van der Waals surface area contributed by atoms with Crippen LogP contribution in [0.4, 0.5) is 5.82 Å². The van der Waals surface area contributed by atoms with Crippen LogP contribution in [0.5, 0.6) is 0 Å². The van der Waals surface area contributed by atoms with Gasteiger partial charge in [0.2, 0.25) is 5.56 Å². The van der Waals surface area contributed by atoms with Gasteiger partial charge in [-0.15, -0.1) is 0 Å². The Bertz CT molecular complexity index is 1030. The van der Waals surface area contributed by atoms with E-state index in [-0.39, 0.29) is 11.5 Å². The van der Waals surface area contributed by atoms with Gasteiger partial charge in [-0.25, -0.2) is 4.98 Å². The largest absolute Gasteiger partial charge is 0.382 e. The van der Waals surface area contributed by atoms with Gasteiger partial charge in [0.05, 0.1) is 18.1 Å². The van der Waals surface area contributed by atoms with Gasteiger partial charge in [0.25, 0.3) is 5.91 Å². The molecule has 3 aromatic rings. The topological polar surface area (TPSA) is 105 Å². The van der Waals surface area contributed by atoms with Crippen molar-refractivity contribution >= 4 is 11.7 Å². The maximum absolute atomic E-state index is 12.8. The molecule has 0 saturated carbocycles. The fourth-order valence-electron chi connectivity index (χ4n) is 3.73. The van der Waals surface area contributed by atoms with Crippen molar-refractivity contribution in [3.63, 3.8) is 0 Å². The van der Waals surface area contributed by atoms with Crippen molar-refractivity contribution in [1.82, 2.24) is 19.9 Å². The lowest BCUT2D eigenvalue weighted by Gasteiger charge is -2.32. The molecular formula is C22H23N5O2. The van der Waals surface area contributed by atoms with Crippen molar-refractivity contribution in [2.45, 2.75) is 19.3 Å². The number of likely N-dealkylation sites (tertiary alicyclic amines) is 1. The number of anilines is 1. The second-order valence-corrected chi connectivity index (χ2v) is 7.41. The molecule has 4 rings (SSSR count). The van der Waals surface area contributed by atoms with E-state index in [1.807, 2.05) is 35.2 Å². The smallest absolute Gasteiger partial charge is 0.253 e. The molecule has 0 unspecified atom stereocenters. The van der Waals surface area contributed by atoms with Crippen LogP contribution in [0, 0.1) is 5.92 Å². The average Bonchev–Trinajstić information content (AvgIpc) is 2.75. The molecule has 1 aliphatic rings. The van der Waals surface area contributed by atoms with Gasteiger partial charge in [-0.3, -0.25) is 14.6 Å².